The van der Waals surface area contributed by atoms with E-state index in [0.29, 0.717) is 45.6 Å². The minimum atomic E-state index is -0.632. The summed E-state index contributed by atoms with van der Waals surface area (Å²) in [5, 5.41) is 6.81. The van der Waals surface area contributed by atoms with E-state index in [4.69, 9.17) is 11.6 Å². The lowest BCUT2D eigenvalue weighted by molar-refractivity contribution is -0.111. The standard InChI is InChI=1S/C29H30ClF2N7O/c1-5-27(40)34-24-14-23(21(30)13-26(24)38(4)11-10-37(2)3)35-29-33-15-22(32)28(36-29)20-16-39(18-7-8-18)25-9-6-17(31)12-19(20)25/h5-6,9,12-16,18H,1,7-8,10-11H2,2-4H3,(H,34,40)(H,33,35,36). The van der Waals surface area contributed by atoms with Crippen LogP contribution in [0.1, 0.15) is 18.9 Å². The summed E-state index contributed by atoms with van der Waals surface area (Å²) < 4.78 is 31.3. The molecule has 1 aliphatic carbocycles. The third-order valence-electron chi connectivity index (χ3n) is 6.80. The summed E-state index contributed by atoms with van der Waals surface area (Å²) in [4.78, 5) is 24.8. The zero-order chi connectivity index (χ0) is 28.6. The fourth-order valence-corrected chi connectivity index (χ4v) is 4.74. The molecule has 1 amide bonds. The number of aromatic nitrogens is 3. The van der Waals surface area contributed by atoms with Crippen LogP contribution in [0.4, 0.5) is 31.8 Å². The van der Waals surface area contributed by atoms with Crippen molar-refractivity contribution < 1.29 is 13.6 Å². The number of nitrogens with zero attached hydrogens (tertiary/aromatic N) is 5. The fraction of sp³-hybridized carbons (Fsp3) is 0.276. The number of likely N-dealkylation sites (N-methyl/N-ethyl adjacent to an activating group) is 2. The highest BCUT2D eigenvalue weighted by Crippen LogP contribution is 2.42. The molecule has 2 aromatic heterocycles. The predicted octanol–water partition coefficient (Wildman–Crippen LogP) is 6.23. The number of amides is 1. The molecule has 0 bridgehead atoms. The van der Waals surface area contributed by atoms with Gasteiger partial charge in [0.05, 0.1) is 28.3 Å². The van der Waals surface area contributed by atoms with E-state index in [1.165, 1.54) is 18.2 Å². The highest BCUT2D eigenvalue weighted by Gasteiger charge is 2.27. The molecule has 4 aromatic rings. The maximum Gasteiger partial charge on any atom is 0.247 e. The van der Waals surface area contributed by atoms with E-state index in [1.807, 2.05) is 32.2 Å². The first-order valence-corrected chi connectivity index (χ1v) is 13.2. The number of halogens is 3. The molecule has 11 heteroatoms. The van der Waals surface area contributed by atoms with Gasteiger partial charge in [0.25, 0.3) is 0 Å². The van der Waals surface area contributed by atoms with Crippen LogP contribution in [0.15, 0.2) is 55.4 Å². The fourth-order valence-electron chi connectivity index (χ4n) is 4.54. The number of benzene rings is 2. The number of rotatable bonds is 10. The van der Waals surface area contributed by atoms with E-state index in [0.717, 1.165) is 31.1 Å². The summed E-state index contributed by atoms with van der Waals surface area (Å²) in [6, 6.07) is 8.22. The number of carbonyl (C=O) groups is 1. The summed E-state index contributed by atoms with van der Waals surface area (Å²) >= 11 is 6.65. The molecule has 208 valence electrons. The Bertz CT molecular complexity index is 1600. The van der Waals surface area contributed by atoms with E-state index in [-0.39, 0.29) is 17.5 Å². The predicted molar refractivity (Wildman–Crippen MR) is 157 cm³/mol. The smallest absolute Gasteiger partial charge is 0.247 e. The van der Waals surface area contributed by atoms with Gasteiger partial charge < -0.3 is 25.0 Å². The van der Waals surface area contributed by atoms with Gasteiger partial charge in [-0.2, -0.15) is 0 Å². The van der Waals surface area contributed by atoms with E-state index in [2.05, 4.69) is 36.6 Å². The van der Waals surface area contributed by atoms with Gasteiger partial charge in [-0.25, -0.2) is 18.7 Å². The minimum Gasteiger partial charge on any atom is -0.372 e. The molecule has 0 atom stereocenters. The first kappa shape index (κ1) is 27.5. The van der Waals surface area contributed by atoms with Gasteiger partial charge in [0.2, 0.25) is 11.9 Å². The lowest BCUT2D eigenvalue weighted by atomic mass is 10.1. The molecule has 2 heterocycles. The van der Waals surface area contributed by atoms with Gasteiger partial charge in [0, 0.05) is 48.8 Å². The summed E-state index contributed by atoms with van der Waals surface area (Å²) in [6.45, 7) is 5.01. The van der Waals surface area contributed by atoms with Crippen molar-refractivity contribution in [2.75, 3.05) is 49.8 Å². The molecule has 40 heavy (non-hydrogen) atoms. The van der Waals surface area contributed by atoms with Crippen LogP contribution < -0.4 is 15.5 Å². The van der Waals surface area contributed by atoms with Crippen molar-refractivity contribution in [3.63, 3.8) is 0 Å². The number of anilines is 4. The zero-order valence-corrected chi connectivity index (χ0v) is 23.3. The Morgan fingerprint density at radius 2 is 1.95 bits per heavy atom. The molecule has 0 unspecified atom stereocenters. The molecule has 0 aliphatic heterocycles. The number of hydrogen-bond donors (Lipinski definition) is 2. The molecule has 1 saturated carbocycles. The first-order valence-electron chi connectivity index (χ1n) is 12.9. The summed E-state index contributed by atoms with van der Waals surface area (Å²) in [5.74, 6) is -1.33. The molecule has 2 aromatic carbocycles. The monoisotopic (exact) mass is 565 g/mol. The van der Waals surface area contributed by atoms with Gasteiger partial charge in [-0.15, -0.1) is 0 Å². The lowest BCUT2D eigenvalue weighted by Gasteiger charge is -2.25. The highest BCUT2D eigenvalue weighted by molar-refractivity contribution is 6.34. The van der Waals surface area contributed by atoms with Crippen molar-refractivity contribution in [2.45, 2.75) is 18.9 Å². The Morgan fingerprint density at radius 3 is 2.65 bits per heavy atom. The summed E-state index contributed by atoms with van der Waals surface area (Å²) in [5.41, 5.74) is 2.98. The number of nitrogens with one attached hydrogen (secondary N) is 2. The summed E-state index contributed by atoms with van der Waals surface area (Å²) in [6.07, 6.45) is 6.11. The highest BCUT2D eigenvalue weighted by atomic mass is 35.5. The third kappa shape index (κ3) is 5.78. The van der Waals surface area contributed by atoms with Crippen LogP contribution in [0.3, 0.4) is 0 Å². The first-order chi connectivity index (χ1) is 19.1. The molecule has 0 spiro atoms. The Hall–Kier alpha value is -4.02. The Kier molecular flexibility index (Phi) is 7.73. The largest absolute Gasteiger partial charge is 0.372 e. The van der Waals surface area contributed by atoms with E-state index in [9.17, 15) is 9.18 Å². The molecule has 2 N–H and O–H groups in total. The van der Waals surface area contributed by atoms with Gasteiger partial charge >= 0.3 is 0 Å². The lowest BCUT2D eigenvalue weighted by Crippen LogP contribution is -2.29. The molecule has 0 radical (unpaired) electrons. The molecule has 1 aliphatic rings. The maximum absolute atomic E-state index is 15.1. The van der Waals surface area contributed by atoms with Crippen LogP contribution in [0.5, 0.6) is 0 Å². The van der Waals surface area contributed by atoms with Crippen molar-refractivity contribution in [3.05, 3.63) is 72.0 Å². The van der Waals surface area contributed by atoms with E-state index in [1.54, 1.807) is 18.2 Å². The van der Waals surface area contributed by atoms with Crippen LogP contribution in [0.25, 0.3) is 22.2 Å². The van der Waals surface area contributed by atoms with E-state index < -0.39 is 11.6 Å². The molecule has 8 nitrogen and oxygen atoms in total. The molecule has 5 rings (SSSR count). The molecular weight excluding hydrogens is 536 g/mol. The third-order valence-corrected chi connectivity index (χ3v) is 7.12. The van der Waals surface area contributed by atoms with Crippen LogP contribution in [0, 0.1) is 11.6 Å². The van der Waals surface area contributed by atoms with Crippen LogP contribution in [-0.2, 0) is 4.79 Å². The van der Waals surface area contributed by atoms with Gasteiger partial charge in [0.15, 0.2) is 5.82 Å². The maximum atomic E-state index is 15.1. The second-order valence-corrected chi connectivity index (χ2v) is 10.5. The number of fused-ring (bicyclic) bond motifs is 1. The van der Waals surface area contributed by atoms with Gasteiger partial charge in [0.1, 0.15) is 11.5 Å². The second-order valence-electron chi connectivity index (χ2n) is 10.1. The van der Waals surface area contributed by atoms with Gasteiger partial charge in [-0.3, -0.25) is 4.79 Å². The normalized spacial score (nSPS) is 13.1. The van der Waals surface area contributed by atoms with Crippen LogP contribution in [0.2, 0.25) is 5.02 Å². The SMILES string of the molecule is C=CC(=O)Nc1cc(Nc2ncc(F)c(-c3cn(C4CC4)c4ccc(F)cc34)n2)c(Cl)cc1N(C)CCN(C)C. The average molecular weight is 566 g/mol. The second kappa shape index (κ2) is 11.2. The Morgan fingerprint density at radius 1 is 1.18 bits per heavy atom. The molecular formula is C29H30ClF2N7O. The van der Waals surface area contributed by atoms with Crippen LogP contribution in [-0.4, -0.2) is 59.6 Å². The van der Waals surface area contributed by atoms with Gasteiger partial charge in [-0.1, -0.05) is 18.2 Å². The molecule has 1 fully saturated rings. The number of carbonyl (C=O) groups excluding carboxylic acids is 1. The van der Waals surface area contributed by atoms with Crippen molar-refractivity contribution in [1.29, 1.82) is 0 Å². The molecule has 0 saturated heterocycles. The van der Waals surface area contributed by atoms with Crippen molar-refractivity contribution in [1.82, 2.24) is 19.4 Å². The quantitative estimate of drug-likeness (QED) is 0.222. The average Bonchev–Trinajstić information content (AvgIpc) is 3.70. The van der Waals surface area contributed by atoms with Crippen molar-refractivity contribution in [3.8, 4) is 11.3 Å². The minimum absolute atomic E-state index is 0.0452. The number of hydrogen-bond acceptors (Lipinski definition) is 6. The Labute approximate surface area is 236 Å². The topological polar surface area (TPSA) is 78.3 Å². The Balaban J connectivity index is 1.52. The van der Waals surface area contributed by atoms with Gasteiger partial charge in [-0.05, 0) is 63.3 Å². The summed E-state index contributed by atoms with van der Waals surface area (Å²) in [7, 11) is 5.86. The van der Waals surface area contributed by atoms with Crippen molar-refractivity contribution >= 4 is 51.4 Å². The van der Waals surface area contributed by atoms with Crippen molar-refractivity contribution in [2.24, 2.45) is 0 Å². The van der Waals surface area contributed by atoms with Crippen LogP contribution >= 0.6 is 11.6 Å². The zero-order valence-electron chi connectivity index (χ0n) is 22.5. The van der Waals surface area contributed by atoms with E-state index >= 15 is 4.39 Å².